The summed E-state index contributed by atoms with van der Waals surface area (Å²) in [6.45, 7) is 3.10. The number of hydrogen-bond donors (Lipinski definition) is 1. The van der Waals surface area contributed by atoms with Gasteiger partial charge in [0.15, 0.2) is 11.5 Å². The van der Waals surface area contributed by atoms with E-state index in [0.29, 0.717) is 18.8 Å². The number of furan rings is 1. The molecule has 0 saturated heterocycles. The van der Waals surface area contributed by atoms with Crippen molar-refractivity contribution in [3.8, 4) is 5.75 Å². The number of benzene rings is 1. The van der Waals surface area contributed by atoms with Gasteiger partial charge in [-0.15, -0.1) is 0 Å². The molecule has 2 aromatic heterocycles. The number of nitrogens with one attached hydrogen (secondary N) is 1. The summed E-state index contributed by atoms with van der Waals surface area (Å²) in [5.41, 5.74) is 0.828. The second-order valence-electron chi connectivity index (χ2n) is 6.11. The van der Waals surface area contributed by atoms with Gasteiger partial charge in [-0.2, -0.15) is 5.10 Å². The average molecular weight is 384 g/mol. The van der Waals surface area contributed by atoms with Crippen LogP contribution in [0.4, 0.5) is 5.69 Å². The molecule has 0 bridgehead atoms. The number of nitro groups is 1. The molecular formula is C19H20N4O5. The van der Waals surface area contributed by atoms with Crippen LogP contribution >= 0.6 is 0 Å². The second kappa shape index (κ2) is 8.85. The fourth-order valence-corrected chi connectivity index (χ4v) is 2.57. The topological polar surface area (TPSA) is 112 Å². The maximum absolute atomic E-state index is 12.1. The number of nitrogens with zero attached hydrogens (tertiary/aromatic N) is 3. The Morgan fingerprint density at radius 1 is 1.29 bits per heavy atom. The van der Waals surface area contributed by atoms with Crippen LogP contribution in [0.2, 0.25) is 0 Å². The van der Waals surface area contributed by atoms with Gasteiger partial charge in [-0.3, -0.25) is 19.6 Å². The molecule has 0 spiro atoms. The van der Waals surface area contributed by atoms with Crippen LogP contribution in [0, 0.1) is 17.0 Å². The largest absolute Gasteiger partial charge is 0.479 e. The predicted molar refractivity (Wildman–Crippen MR) is 100 cm³/mol. The Labute approximate surface area is 161 Å². The van der Waals surface area contributed by atoms with Gasteiger partial charge in [-0.25, -0.2) is 0 Å². The van der Waals surface area contributed by atoms with Gasteiger partial charge in [0.2, 0.25) is 0 Å². The van der Waals surface area contributed by atoms with Crippen LogP contribution < -0.4 is 10.1 Å². The molecule has 146 valence electrons. The predicted octanol–water partition coefficient (Wildman–Crippen LogP) is 3.09. The molecule has 2 heterocycles. The SMILES string of the molecule is Cc1ccn(CCCNC(=O)c2ccc(COc3ccccc3[N+](=O)[O-])o2)n1. The highest BCUT2D eigenvalue weighted by atomic mass is 16.6. The Morgan fingerprint density at radius 3 is 2.86 bits per heavy atom. The Bertz CT molecular complexity index is 963. The van der Waals surface area contributed by atoms with Gasteiger partial charge in [-0.05, 0) is 37.6 Å². The van der Waals surface area contributed by atoms with E-state index >= 15 is 0 Å². The molecule has 1 amide bonds. The summed E-state index contributed by atoms with van der Waals surface area (Å²) in [5.74, 6) is 0.378. The van der Waals surface area contributed by atoms with Gasteiger partial charge in [0.25, 0.3) is 5.91 Å². The van der Waals surface area contributed by atoms with Gasteiger partial charge in [0.1, 0.15) is 12.4 Å². The van der Waals surface area contributed by atoms with Crippen molar-refractivity contribution in [1.29, 1.82) is 0 Å². The summed E-state index contributed by atoms with van der Waals surface area (Å²) in [7, 11) is 0. The molecule has 1 N–H and O–H groups in total. The van der Waals surface area contributed by atoms with Gasteiger partial charge in [-0.1, -0.05) is 12.1 Å². The zero-order chi connectivity index (χ0) is 19.9. The van der Waals surface area contributed by atoms with Gasteiger partial charge < -0.3 is 14.5 Å². The van der Waals surface area contributed by atoms with Crippen molar-refractivity contribution in [2.24, 2.45) is 0 Å². The summed E-state index contributed by atoms with van der Waals surface area (Å²) in [5, 5.41) is 18.1. The highest BCUT2D eigenvalue weighted by Crippen LogP contribution is 2.26. The maximum atomic E-state index is 12.1. The zero-order valence-electron chi connectivity index (χ0n) is 15.3. The quantitative estimate of drug-likeness (QED) is 0.345. The second-order valence-corrected chi connectivity index (χ2v) is 6.11. The number of rotatable bonds is 9. The lowest BCUT2D eigenvalue weighted by atomic mass is 10.3. The minimum Gasteiger partial charge on any atom is -0.479 e. The first-order valence-electron chi connectivity index (χ1n) is 8.76. The van der Waals surface area contributed by atoms with E-state index in [9.17, 15) is 14.9 Å². The summed E-state index contributed by atoms with van der Waals surface area (Å²) < 4.78 is 12.7. The molecule has 0 unspecified atom stereocenters. The molecule has 9 nitrogen and oxygen atoms in total. The maximum Gasteiger partial charge on any atom is 0.310 e. The Hall–Kier alpha value is -3.62. The van der Waals surface area contributed by atoms with Crippen LogP contribution in [-0.4, -0.2) is 27.2 Å². The standard InChI is InChI=1S/C19H20N4O5/c1-14-9-12-22(21-14)11-4-10-20-19(24)18-8-7-15(28-18)13-27-17-6-3-2-5-16(17)23(25)26/h2-3,5-9,12H,4,10-11,13H2,1H3,(H,20,24). The van der Waals surface area contributed by atoms with Crippen LogP contribution in [0.5, 0.6) is 5.75 Å². The molecule has 1 aromatic carbocycles. The van der Waals surface area contributed by atoms with Gasteiger partial charge >= 0.3 is 5.69 Å². The number of hydrogen-bond acceptors (Lipinski definition) is 6. The fraction of sp³-hybridized carbons (Fsp3) is 0.263. The van der Waals surface area contributed by atoms with E-state index < -0.39 is 4.92 Å². The lowest BCUT2D eigenvalue weighted by molar-refractivity contribution is -0.386. The molecule has 0 radical (unpaired) electrons. The van der Waals surface area contributed by atoms with E-state index in [-0.39, 0.29) is 29.7 Å². The van der Waals surface area contributed by atoms with Crippen molar-refractivity contribution in [2.75, 3.05) is 6.54 Å². The average Bonchev–Trinajstić information content (AvgIpc) is 3.32. The van der Waals surface area contributed by atoms with E-state index in [0.717, 1.165) is 12.1 Å². The summed E-state index contributed by atoms with van der Waals surface area (Å²) in [4.78, 5) is 22.6. The normalized spacial score (nSPS) is 10.6. The Morgan fingerprint density at radius 2 is 2.11 bits per heavy atom. The van der Waals surface area contributed by atoms with E-state index in [1.807, 2.05) is 23.9 Å². The lowest BCUT2D eigenvalue weighted by Crippen LogP contribution is -2.24. The van der Waals surface area contributed by atoms with E-state index in [4.69, 9.17) is 9.15 Å². The fourth-order valence-electron chi connectivity index (χ4n) is 2.57. The van der Waals surface area contributed by atoms with Crippen LogP contribution in [0.25, 0.3) is 0 Å². The van der Waals surface area contributed by atoms with Crippen molar-refractivity contribution >= 4 is 11.6 Å². The summed E-state index contributed by atoms with van der Waals surface area (Å²) >= 11 is 0. The lowest BCUT2D eigenvalue weighted by Gasteiger charge is -2.05. The third-order valence-corrected chi connectivity index (χ3v) is 3.94. The van der Waals surface area contributed by atoms with Crippen molar-refractivity contribution in [3.63, 3.8) is 0 Å². The highest BCUT2D eigenvalue weighted by molar-refractivity contribution is 5.91. The molecule has 0 fully saturated rings. The Kier molecular flexibility index (Phi) is 6.05. The van der Waals surface area contributed by atoms with E-state index in [1.54, 1.807) is 24.3 Å². The van der Waals surface area contributed by atoms with Crippen LogP contribution in [0.3, 0.4) is 0 Å². The van der Waals surface area contributed by atoms with Gasteiger partial charge in [0, 0.05) is 25.4 Å². The first-order valence-corrected chi connectivity index (χ1v) is 8.76. The van der Waals surface area contributed by atoms with E-state index in [2.05, 4.69) is 10.4 Å². The number of nitro benzene ring substituents is 1. The first kappa shape index (κ1) is 19.2. The molecule has 0 aliphatic heterocycles. The number of ether oxygens (including phenoxy) is 1. The van der Waals surface area contributed by atoms with Crippen molar-refractivity contribution in [3.05, 3.63) is 76.0 Å². The minimum absolute atomic E-state index is 0.0171. The molecule has 3 aromatic rings. The third kappa shape index (κ3) is 4.97. The molecule has 9 heteroatoms. The highest BCUT2D eigenvalue weighted by Gasteiger charge is 2.15. The number of carbonyl (C=O) groups excluding carboxylic acids is 1. The number of amides is 1. The van der Waals surface area contributed by atoms with Gasteiger partial charge in [0.05, 0.1) is 10.6 Å². The van der Waals surface area contributed by atoms with E-state index in [1.165, 1.54) is 12.1 Å². The smallest absolute Gasteiger partial charge is 0.310 e. The first-order chi connectivity index (χ1) is 13.5. The minimum atomic E-state index is -0.513. The molecular weight excluding hydrogens is 364 g/mol. The number of carbonyl (C=O) groups is 1. The molecule has 28 heavy (non-hydrogen) atoms. The molecule has 0 aliphatic carbocycles. The van der Waals surface area contributed by atoms with Crippen molar-refractivity contribution in [2.45, 2.75) is 26.5 Å². The third-order valence-electron chi connectivity index (χ3n) is 3.94. The molecule has 0 aliphatic rings. The number of aromatic nitrogens is 2. The van der Waals surface area contributed by atoms with Crippen molar-refractivity contribution < 1.29 is 18.9 Å². The number of aryl methyl sites for hydroxylation is 2. The van der Waals surface area contributed by atoms with Crippen LogP contribution in [0.1, 0.15) is 28.4 Å². The van der Waals surface area contributed by atoms with Crippen molar-refractivity contribution in [1.82, 2.24) is 15.1 Å². The Balaban J connectivity index is 1.47. The molecule has 3 rings (SSSR count). The monoisotopic (exact) mass is 384 g/mol. The zero-order valence-corrected chi connectivity index (χ0v) is 15.3. The van der Waals surface area contributed by atoms with Crippen LogP contribution in [0.15, 0.2) is 53.1 Å². The van der Waals surface area contributed by atoms with Crippen LogP contribution in [-0.2, 0) is 13.2 Å². The summed E-state index contributed by atoms with van der Waals surface area (Å²) in [6.07, 6.45) is 2.63. The molecule has 0 atom stereocenters. The molecule has 0 saturated carbocycles. The summed E-state index contributed by atoms with van der Waals surface area (Å²) in [6, 6.07) is 11.2. The number of para-hydroxylation sites is 2.